The summed E-state index contributed by atoms with van der Waals surface area (Å²) in [5.41, 5.74) is 9.98. The van der Waals surface area contributed by atoms with E-state index in [4.69, 9.17) is 20.4 Å². The summed E-state index contributed by atoms with van der Waals surface area (Å²) in [5.74, 6) is 4.65. The molecule has 0 bridgehead atoms. The molecule has 8 heteroatoms. The lowest BCUT2D eigenvalue weighted by molar-refractivity contribution is 0.408. The first-order valence-corrected chi connectivity index (χ1v) is 12.6. The Kier molecular flexibility index (Phi) is 6.25. The summed E-state index contributed by atoms with van der Waals surface area (Å²) in [5, 5.41) is 4.72. The van der Waals surface area contributed by atoms with Gasteiger partial charge in [-0.25, -0.2) is 9.97 Å². The van der Waals surface area contributed by atoms with Crippen LogP contribution >= 0.6 is 23.1 Å². The zero-order chi connectivity index (χ0) is 21.9. The number of aryl methyl sites for hydroxylation is 1. The summed E-state index contributed by atoms with van der Waals surface area (Å²) >= 11 is 3.77. The van der Waals surface area contributed by atoms with Gasteiger partial charge in [0.1, 0.15) is 16.4 Å². The van der Waals surface area contributed by atoms with E-state index in [1.165, 1.54) is 10.4 Å². The molecule has 0 radical (unpaired) electrons. The number of nitrogens with one attached hydrogen (secondary N) is 1. The van der Waals surface area contributed by atoms with Gasteiger partial charge in [-0.1, -0.05) is 18.2 Å². The van der Waals surface area contributed by atoms with Gasteiger partial charge in [-0.2, -0.15) is 11.8 Å². The molecule has 1 aromatic carbocycles. The number of rotatable bonds is 7. The van der Waals surface area contributed by atoms with Crippen molar-refractivity contribution in [3.05, 3.63) is 64.8 Å². The molecule has 5 rings (SSSR count). The van der Waals surface area contributed by atoms with Gasteiger partial charge in [0.05, 0.1) is 12.5 Å². The molecule has 0 aliphatic carbocycles. The monoisotopic (exact) mass is 463 g/mol. The molecule has 0 saturated heterocycles. The molecule has 1 aliphatic rings. The SMILES string of the molecule is COc1ccccc1CC(N)CNc1nc(-c2ccncc2)nc2sc3c(c12)CCSC3. The van der Waals surface area contributed by atoms with Crippen LogP contribution in [0, 0.1) is 0 Å². The number of pyridine rings is 1. The molecule has 1 unspecified atom stereocenters. The number of hydrogen-bond donors (Lipinski definition) is 2. The minimum Gasteiger partial charge on any atom is -0.496 e. The van der Waals surface area contributed by atoms with Crippen LogP contribution in [0.2, 0.25) is 0 Å². The Morgan fingerprint density at radius 3 is 2.84 bits per heavy atom. The van der Waals surface area contributed by atoms with Crippen LogP contribution in [0.3, 0.4) is 0 Å². The molecule has 6 nitrogen and oxygen atoms in total. The van der Waals surface area contributed by atoms with E-state index >= 15 is 0 Å². The zero-order valence-electron chi connectivity index (χ0n) is 17.9. The Hall–Kier alpha value is -2.68. The Labute approximate surface area is 195 Å². The normalized spacial score (nSPS) is 14.2. The molecule has 4 heterocycles. The summed E-state index contributed by atoms with van der Waals surface area (Å²) in [6.07, 6.45) is 5.32. The number of nitrogens with two attached hydrogens (primary N) is 1. The van der Waals surface area contributed by atoms with Crippen LogP contribution in [0.25, 0.3) is 21.6 Å². The van der Waals surface area contributed by atoms with Gasteiger partial charge in [0, 0.05) is 41.2 Å². The molecule has 4 aromatic rings. The summed E-state index contributed by atoms with van der Waals surface area (Å²) in [4.78, 5) is 16.4. The fourth-order valence-corrected chi connectivity index (χ4v) is 6.39. The maximum Gasteiger partial charge on any atom is 0.163 e. The molecule has 0 spiro atoms. The first-order chi connectivity index (χ1) is 15.7. The Bertz CT molecular complexity index is 1230. The van der Waals surface area contributed by atoms with Gasteiger partial charge in [0.15, 0.2) is 5.82 Å². The number of methoxy groups -OCH3 is 1. The Balaban J connectivity index is 1.45. The van der Waals surface area contributed by atoms with Crippen molar-refractivity contribution < 1.29 is 4.74 Å². The van der Waals surface area contributed by atoms with E-state index in [1.54, 1.807) is 30.8 Å². The van der Waals surface area contributed by atoms with Crippen molar-refractivity contribution in [2.75, 3.05) is 24.7 Å². The summed E-state index contributed by atoms with van der Waals surface area (Å²) in [6.45, 7) is 0.610. The molecule has 1 atom stereocenters. The van der Waals surface area contributed by atoms with Crippen LogP contribution in [0.4, 0.5) is 5.82 Å². The van der Waals surface area contributed by atoms with Gasteiger partial charge in [-0.05, 0) is 47.9 Å². The van der Waals surface area contributed by atoms with E-state index in [1.807, 2.05) is 42.1 Å². The lowest BCUT2D eigenvalue weighted by atomic mass is 10.1. The molecule has 164 valence electrons. The third kappa shape index (κ3) is 4.30. The van der Waals surface area contributed by atoms with E-state index in [0.29, 0.717) is 12.4 Å². The van der Waals surface area contributed by atoms with E-state index in [2.05, 4.69) is 16.4 Å². The predicted octanol–water partition coefficient (Wildman–Crippen LogP) is 4.53. The van der Waals surface area contributed by atoms with Crippen LogP contribution in [-0.2, 0) is 18.6 Å². The molecule has 3 N–H and O–H groups in total. The minimum absolute atomic E-state index is 0.0780. The Morgan fingerprint density at radius 1 is 1.16 bits per heavy atom. The molecular formula is C24H25N5OS2. The molecule has 0 amide bonds. The van der Waals surface area contributed by atoms with Crippen LogP contribution in [-0.4, -0.2) is 40.4 Å². The van der Waals surface area contributed by atoms with Gasteiger partial charge >= 0.3 is 0 Å². The van der Waals surface area contributed by atoms with Gasteiger partial charge in [0.2, 0.25) is 0 Å². The average molecular weight is 464 g/mol. The smallest absolute Gasteiger partial charge is 0.163 e. The first kappa shape index (κ1) is 21.2. The number of anilines is 1. The number of aromatic nitrogens is 3. The highest BCUT2D eigenvalue weighted by atomic mass is 32.2. The minimum atomic E-state index is -0.0780. The quantitative estimate of drug-likeness (QED) is 0.416. The number of para-hydroxylation sites is 1. The van der Waals surface area contributed by atoms with E-state index in [0.717, 1.165) is 57.3 Å². The Morgan fingerprint density at radius 2 is 2.00 bits per heavy atom. The lowest BCUT2D eigenvalue weighted by Gasteiger charge is -2.17. The van der Waals surface area contributed by atoms with Crippen LogP contribution in [0.5, 0.6) is 5.75 Å². The largest absolute Gasteiger partial charge is 0.496 e. The first-order valence-electron chi connectivity index (χ1n) is 10.6. The second-order valence-corrected chi connectivity index (χ2v) is 9.96. The number of ether oxygens (including phenoxy) is 1. The fourth-order valence-electron chi connectivity index (χ4n) is 4.04. The van der Waals surface area contributed by atoms with Crippen LogP contribution in [0.15, 0.2) is 48.8 Å². The maximum absolute atomic E-state index is 6.51. The lowest BCUT2D eigenvalue weighted by Crippen LogP contribution is -2.31. The third-order valence-corrected chi connectivity index (χ3v) is 7.90. The van der Waals surface area contributed by atoms with Crippen LogP contribution < -0.4 is 15.8 Å². The highest BCUT2D eigenvalue weighted by molar-refractivity contribution is 7.98. The van der Waals surface area contributed by atoms with Gasteiger partial charge in [-0.3, -0.25) is 4.98 Å². The number of thiophene rings is 1. The zero-order valence-corrected chi connectivity index (χ0v) is 19.5. The number of benzene rings is 1. The van der Waals surface area contributed by atoms with Crippen molar-refractivity contribution >= 4 is 39.1 Å². The average Bonchev–Trinajstić information content (AvgIpc) is 3.22. The van der Waals surface area contributed by atoms with Crippen LogP contribution in [0.1, 0.15) is 16.0 Å². The molecular weight excluding hydrogens is 438 g/mol. The van der Waals surface area contributed by atoms with E-state index in [-0.39, 0.29) is 6.04 Å². The molecule has 32 heavy (non-hydrogen) atoms. The summed E-state index contributed by atoms with van der Waals surface area (Å²) in [6, 6.07) is 11.8. The van der Waals surface area contributed by atoms with Crippen molar-refractivity contribution in [2.45, 2.75) is 24.6 Å². The van der Waals surface area contributed by atoms with Crippen molar-refractivity contribution in [3.8, 4) is 17.1 Å². The molecule has 0 saturated carbocycles. The standard InChI is InChI=1S/C24H25N5OS2/c1-30-19-5-3-2-4-16(19)12-17(25)13-27-23-21-18-8-11-31-14-20(18)32-24(21)29-22(28-23)15-6-9-26-10-7-15/h2-7,9-10,17H,8,11-14,25H2,1H3,(H,27,28,29). The summed E-state index contributed by atoms with van der Waals surface area (Å²) in [7, 11) is 1.69. The highest BCUT2D eigenvalue weighted by Gasteiger charge is 2.22. The van der Waals surface area contributed by atoms with Gasteiger partial charge < -0.3 is 15.8 Å². The number of hydrogen-bond acceptors (Lipinski definition) is 8. The van der Waals surface area contributed by atoms with E-state index < -0.39 is 0 Å². The molecule has 1 aliphatic heterocycles. The number of thioether (sulfide) groups is 1. The van der Waals surface area contributed by atoms with Gasteiger partial charge in [-0.15, -0.1) is 11.3 Å². The van der Waals surface area contributed by atoms with Crippen molar-refractivity contribution in [2.24, 2.45) is 5.73 Å². The van der Waals surface area contributed by atoms with Gasteiger partial charge in [0.25, 0.3) is 0 Å². The molecule has 0 fully saturated rings. The number of fused-ring (bicyclic) bond motifs is 3. The van der Waals surface area contributed by atoms with Crippen molar-refractivity contribution in [1.29, 1.82) is 0 Å². The second kappa shape index (κ2) is 9.44. The van der Waals surface area contributed by atoms with Crippen molar-refractivity contribution in [3.63, 3.8) is 0 Å². The third-order valence-electron chi connectivity index (χ3n) is 5.61. The molecule has 3 aromatic heterocycles. The predicted molar refractivity (Wildman–Crippen MR) is 134 cm³/mol. The number of nitrogens with zero attached hydrogens (tertiary/aromatic N) is 3. The fraction of sp³-hybridized carbons (Fsp3) is 0.292. The van der Waals surface area contributed by atoms with E-state index in [9.17, 15) is 0 Å². The topological polar surface area (TPSA) is 86.0 Å². The second-order valence-electron chi connectivity index (χ2n) is 7.78. The summed E-state index contributed by atoms with van der Waals surface area (Å²) < 4.78 is 5.48. The maximum atomic E-state index is 6.51. The highest BCUT2D eigenvalue weighted by Crippen LogP contribution is 2.40. The van der Waals surface area contributed by atoms with Crippen molar-refractivity contribution in [1.82, 2.24) is 15.0 Å².